The first-order valence-corrected chi connectivity index (χ1v) is 10.6. The molecule has 33 heavy (non-hydrogen) atoms. The van der Waals surface area contributed by atoms with Crippen LogP contribution in [0.1, 0.15) is 23.6 Å². The van der Waals surface area contributed by atoms with Gasteiger partial charge < -0.3 is 29.1 Å². The predicted octanol–water partition coefficient (Wildman–Crippen LogP) is 3.09. The van der Waals surface area contributed by atoms with Gasteiger partial charge in [0.25, 0.3) is 11.7 Å². The molecule has 1 aliphatic heterocycles. The summed E-state index contributed by atoms with van der Waals surface area (Å²) in [6.45, 7) is 1.11. The van der Waals surface area contributed by atoms with Gasteiger partial charge in [-0.05, 0) is 56.9 Å². The Morgan fingerprint density at radius 3 is 2.36 bits per heavy atom. The molecule has 1 aliphatic rings. The lowest BCUT2D eigenvalue weighted by molar-refractivity contribution is -0.139. The number of methoxy groups -OCH3 is 3. The number of nitrogens with zero attached hydrogens (tertiary/aromatic N) is 2. The van der Waals surface area contributed by atoms with Crippen molar-refractivity contribution < 1.29 is 28.9 Å². The summed E-state index contributed by atoms with van der Waals surface area (Å²) in [5.41, 5.74) is 1.07. The largest absolute Gasteiger partial charge is 0.507 e. The molecule has 1 amide bonds. The van der Waals surface area contributed by atoms with Gasteiger partial charge in [0.1, 0.15) is 11.5 Å². The van der Waals surface area contributed by atoms with Crippen LogP contribution in [0.4, 0.5) is 0 Å². The lowest BCUT2D eigenvalue weighted by Crippen LogP contribution is -2.32. The number of hydrogen-bond donors (Lipinski definition) is 1. The van der Waals surface area contributed by atoms with Crippen LogP contribution in [0.2, 0.25) is 0 Å². The van der Waals surface area contributed by atoms with E-state index in [0.29, 0.717) is 41.3 Å². The number of carbonyl (C=O) groups is 2. The van der Waals surface area contributed by atoms with Gasteiger partial charge in [0.2, 0.25) is 0 Å². The Labute approximate surface area is 194 Å². The first-order valence-electron chi connectivity index (χ1n) is 10.6. The molecule has 3 rings (SSSR count). The molecule has 0 aliphatic carbocycles. The zero-order valence-electron chi connectivity index (χ0n) is 19.6. The van der Waals surface area contributed by atoms with Crippen molar-refractivity contribution in [2.24, 2.45) is 0 Å². The summed E-state index contributed by atoms with van der Waals surface area (Å²) < 4.78 is 16.0. The molecule has 8 nitrogen and oxygen atoms in total. The third kappa shape index (κ3) is 4.96. The highest BCUT2D eigenvalue weighted by molar-refractivity contribution is 6.46. The normalized spacial score (nSPS) is 17.5. The molecule has 0 saturated carbocycles. The number of hydrogen-bond acceptors (Lipinski definition) is 7. The smallest absolute Gasteiger partial charge is 0.295 e. The van der Waals surface area contributed by atoms with Crippen molar-refractivity contribution >= 4 is 17.4 Å². The Kier molecular flexibility index (Phi) is 7.60. The molecule has 0 bridgehead atoms. The minimum Gasteiger partial charge on any atom is -0.507 e. The lowest BCUT2D eigenvalue weighted by atomic mass is 9.95. The number of aliphatic hydroxyl groups is 1. The van der Waals surface area contributed by atoms with Crippen LogP contribution in [-0.2, 0) is 9.59 Å². The zero-order chi connectivity index (χ0) is 24.1. The number of ether oxygens (including phenoxy) is 3. The topological polar surface area (TPSA) is 88.5 Å². The van der Waals surface area contributed by atoms with E-state index in [1.54, 1.807) is 42.5 Å². The monoisotopic (exact) mass is 454 g/mol. The van der Waals surface area contributed by atoms with Gasteiger partial charge in [0, 0.05) is 12.1 Å². The molecule has 8 heteroatoms. The van der Waals surface area contributed by atoms with Gasteiger partial charge in [-0.15, -0.1) is 0 Å². The Hall–Kier alpha value is -3.52. The number of likely N-dealkylation sites (tertiary alicyclic amines) is 1. The van der Waals surface area contributed by atoms with Crippen LogP contribution < -0.4 is 14.2 Å². The molecule has 0 spiro atoms. The van der Waals surface area contributed by atoms with E-state index in [1.165, 1.54) is 26.2 Å². The molecule has 1 fully saturated rings. The maximum atomic E-state index is 13.1. The number of benzene rings is 2. The zero-order valence-corrected chi connectivity index (χ0v) is 19.6. The van der Waals surface area contributed by atoms with Crippen LogP contribution in [0.25, 0.3) is 5.76 Å². The molecule has 0 unspecified atom stereocenters. The fourth-order valence-electron chi connectivity index (χ4n) is 3.96. The number of carbonyl (C=O) groups excluding carboxylic acids is 2. The van der Waals surface area contributed by atoms with Gasteiger partial charge in [-0.25, -0.2) is 0 Å². The van der Waals surface area contributed by atoms with Crippen molar-refractivity contribution in [1.82, 2.24) is 9.80 Å². The van der Waals surface area contributed by atoms with Crippen LogP contribution in [0.15, 0.2) is 48.0 Å². The van der Waals surface area contributed by atoms with E-state index in [-0.39, 0.29) is 11.3 Å². The van der Waals surface area contributed by atoms with Gasteiger partial charge >= 0.3 is 0 Å². The third-order valence-corrected chi connectivity index (χ3v) is 5.61. The maximum Gasteiger partial charge on any atom is 0.295 e. The van der Waals surface area contributed by atoms with Gasteiger partial charge in [0.15, 0.2) is 11.5 Å². The Balaban J connectivity index is 2.15. The summed E-state index contributed by atoms with van der Waals surface area (Å²) in [6.07, 6.45) is 0.670. The fourth-order valence-corrected chi connectivity index (χ4v) is 3.96. The van der Waals surface area contributed by atoms with E-state index >= 15 is 0 Å². The van der Waals surface area contributed by atoms with Crippen molar-refractivity contribution in [3.05, 3.63) is 59.2 Å². The van der Waals surface area contributed by atoms with Gasteiger partial charge in [0.05, 0.1) is 32.9 Å². The SMILES string of the molecule is COc1cccc(C(O)=C2C(=O)C(=O)N(CCCN(C)C)[C@@H]2c2ccc(OC)c(OC)c2)c1. The summed E-state index contributed by atoms with van der Waals surface area (Å²) in [6, 6.07) is 11.2. The van der Waals surface area contributed by atoms with Crippen molar-refractivity contribution in [2.75, 3.05) is 48.5 Å². The average Bonchev–Trinajstić information content (AvgIpc) is 3.07. The van der Waals surface area contributed by atoms with E-state index in [9.17, 15) is 14.7 Å². The van der Waals surface area contributed by atoms with Crippen LogP contribution >= 0.6 is 0 Å². The molecule has 0 aromatic heterocycles. The summed E-state index contributed by atoms with van der Waals surface area (Å²) in [5, 5.41) is 11.2. The summed E-state index contributed by atoms with van der Waals surface area (Å²) >= 11 is 0. The molecule has 1 saturated heterocycles. The van der Waals surface area contributed by atoms with Gasteiger partial charge in [-0.3, -0.25) is 9.59 Å². The average molecular weight is 455 g/mol. The molecule has 1 atom stereocenters. The molecular formula is C25H30N2O6. The summed E-state index contributed by atoms with van der Waals surface area (Å²) in [7, 11) is 8.47. The highest BCUT2D eigenvalue weighted by Crippen LogP contribution is 2.42. The van der Waals surface area contributed by atoms with Crippen molar-refractivity contribution in [1.29, 1.82) is 0 Å². The standard InChI is InChI=1S/C25H30N2O6/c1-26(2)12-7-13-27-22(16-10-11-19(32-4)20(15-16)33-5)21(24(29)25(27)30)23(28)17-8-6-9-18(14-17)31-3/h6,8-11,14-15,22,28H,7,12-13H2,1-5H3/t22-/m1/s1. The molecule has 1 heterocycles. The van der Waals surface area contributed by atoms with Crippen molar-refractivity contribution in [2.45, 2.75) is 12.5 Å². The van der Waals surface area contributed by atoms with Crippen LogP contribution in [0.5, 0.6) is 17.2 Å². The predicted molar refractivity (Wildman–Crippen MR) is 125 cm³/mol. The highest BCUT2D eigenvalue weighted by Gasteiger charge is 2.46. The Morgan fingerprint density at radius 2 is 1.73 bits per heavy atom. The van der Waals surface area contributed by atoms with E-state index in [2.05, 4.69) is 0 Å². The number of ketones is 1. The quantitative estimate of drug-likeness (QED) is 0.354. The third-order valence-electron chi connectivity index (χ3n) is 5.61. The number of aliphatic hydroxyl groups excluding tert-OH is 1. The van der Waals surface area contributed by atoms with E-state index in [0.717, 1.165) is 6.54 Å². The van der Waals surface area contributed by atoms with Crippen molar-refractivity contribution in [3.63, 3.8) is 0 Å². The lowest BCUT2D eigenvalue weighted by Gasteiger charge is -2.26. The summed E-state index contributed by atoms with van der Waals surface area (Å²) in [5.74, 6) is -0.0871. The van der Waals surface area contributed by atoms with Crippen LogP contribution in [0.3, 0.4) is 0 Å². The number of Topliss-reactive ketones (excluding diaryl/α,β-unsaturated/α-hetero) is 1. The van der Waals surface area contributed by atoms with Crippen LogP contribution in [-0.4, -0.2) is 75.1 Å². The molecular weight excluding hydrogens is 424 g/mol. The second-order valence-corrected chi connectivity index (χ2v) is 8.00. The van der Waals surface area contributed by atoms with E-state index < -0.39 is 17.7 Å². The molecule has 2 aromatic rings. The minimum absolute atomic E-state index is 0.0327. The second kappa shape index (κ2) is 10.4. The van der Waals surface area contributed by atoms with E-state index in [4.69, 9.17) is 14.2 Å². The number of amides is 1. The molecule has 2 aromatic carbocycles. The van der Waals surface area contributed by atoms with Gasteiger partial charge in [-0.1, -0.05) is 18.2 Å². The molecule has 0 radical (unpaired) electrons. The van der Waals surface area contributed by atoms with E-state index in [1.807, 2.05) is 19.0 Å². The minimum atomic E-state index is -0.766. The first kappa shape index (κ1) is 24.1. The first-order chi connectivity index (χ1) is 15.8. The molecule has 1 N–H and O–H groups in total. The number of rotatable bonds is 9. The Morgan fingerprint density at radius 1 is 1.00 bits per heavy atom. The fraction of sp³-hybridized carbons (Fsp3) is 0.360. The Bertz CT molecular complexity index is 1060. The second-order valence-electron chi connectivity index (χ2n) is 8.00. The maximum absolute atomic E-state index is 13.1. The molecule has 176 valence electrons. The highest BCUT2D eigenvalue weighted by atomic mass is 16.5. The van der Waals surface area contributed by atoms with Crippen LogP contribution in [0, 0.1) is 0 Å². The summed E-state index contributed by atoms with van der Waals surface area (Å²) in [4.78, 5) is 29.7. The van der Waals surface area contributed by atoms with Gasteiger partial charge in [-0.2, -0.15) is 0 Å². The van der Waals surface area contributed by atoms with Crippen molar-refractivity contribution in [3.8, 4) is 17.2 Å².